The van der Waals surface area contributed by atoms with E-state index in [1.807, 2.05) is 0 Å². The van der Waals surface area contributed by atoms with Crippen LogP contribution in [-0.2, 0) is 9.53 Å². The molecule has 0 bridgehead atoms. The van der Waals surface area contributed by atoms with Gasteiger partial charge in [-0.05, 0) is 74.1 Å². The predicted molar refractivity (Wildman–Crippen MR) is 141 cm³/mol. The van der Waals surface area contributed by atoms with E-state index in [1.54, 1.807) is 48.5 Å². The van der Waals surface area contributed by atoms with Crippen LogP contribution >= 0.6 is 0 Å². The molecule has 3 atom stereocenters. The second kappa shape index (κ2) is 13.2. The summed E-state index contributed by atoms with van der Waals surface area (Å²) in [7, 11) is 0. The highest BCUT2D eigenvalue weighted by Gasteiger charge is 2.34. The van der Waals surface area contributed by atoms with Crippen LogP contribution in [0.25, 0.3) is 0 Å². The monoisotopic (exact) mass is 490 g/mol. The van der Waals surface area contributed by atoms with Crippen LogP contribution in [0.1, 0.15) is 79.2 Å². The van der Waals surface area contributed by atoms with Gasteiger partial charge in [0, 0.05) is 28.7 Å². The minimum atomic E-state index is -0.420. The summed E-state index contributed by atoms with van der Waals surface area (Å²) in [4.78, 5) is 37.2. The number of carbonyl (C=O) groups excluding carboxylic acids is 3. The average molecular weight is 491 g/mol. The largest absolute Gasteiger partial charge is 0.494 e. The highest BCUT2D eigenvalue weighted by molar-refractivity contribution is 6.09. The van der Waals surface area contributed by atoms with Crippen LogP contribution in [0.2, 0.25) is 0 Å². The fraction of sp³-hybridized carbons (Fsp3) is 0.452. The minimum Gasteiger partial charge on any atom is -0.494 e. The van der Waals surface area contributed by atoms with Gasteiger partial charge in [0.15, 0.2) is 11.6 Å². The van der Waals surface area contributed by atoms with Gasteiger partial charge in [0.05, 0.1) is 13.2 Å². The van der Waals surface area contributed by atoms with Crippen LogP contribution in [0, 0.1) is 23.7 Å². The third-order valence-electron chi connectivity index (χ3n) is 7.28. The molecule has 3 rings (SSSR count). The molecule has 0 radical (unpaired) electrons. The lowest BCUT2D eigenvalue weighted by molar-refractivity contribution is -0.137. The van der Waals surface area contributed by atoms with E-state index in [2.05, 4.69) is 27.4 Å². The van der Waals surface area contributed by atoms with Crippen molar-refractivity contribution in [2.75, 3.05) is 13.2 Å². The van der Waals surface area contributed by atoms with E-state index >= 15 is 0 Å². The summed E-state index contributed by atoms with van der Waals surface area (Å²) >= 11 is 0. The molecule has 0 saturated heterocycles. The zero-order valence-electron chi connectivity index (χ0n) is 21.7. The van der Waals surface area contributed by atoms with E-state index in [4.69, 9.17) is 9.47 Å². The third-order valence-corrected chi connectivity index (χ3v) is 7.28. The van der Waals surface area contributed by atoms with Crippen molar-refractivity contribution in [1.29, 1.82) is 0 Å². The molecule has 1 aliphatic carbocycles. The van der Waals surface area contributed by atoms with E-state index in [0.717, 1.165) is 25.3 Å². The van der Waals surface area contributed by atoms with Crippen molar-refractivity contribution in [3.05, 3.63) is 77.9 Å². The summed E-state index contributed by atoms with van der Waals surface area (Å²) in [5.41, 5.74) is 1.82. The van der Waals surface area contributed by atoms with Crippen molar-refractivity contribution < 1.29 is 23.9 Å². The van der Waals surface area contributed by atoms with Crippen molar-refractivity contribution >= 4 is 17.5 Å². The number of carbonyl (C=O) groups is 3. The molecule has 5 nitrogen and oxygen atoms in total. The molecule has 3 unspecified atom stereocenters. The number of hydrogen-bond donors (Lipinski definition) is 0. The Morgan fingerprint density at radius 3 is 2.11 bits per heavy atom. The Bertz CT molecular complexity index is 1040. The summed E-state index contributed by atoms with van der Waals surface area (Å²) < 4.78 is 10.6. The molecule has 1 fully saturated rings. The predicted octanol–water partition coefficient (Wildman–Crippen LogP) is 6.70. The van der Waals surface area contributed by atoms with Gasteiger partial charge in [-0.1, -0.05) is 51.6 Å². The molecule has 192 valence electrons. The summed E-state index contributed by atoms with van der Waals surface area (Å²) in [5, 5.41) is 0. The first-order chi connectivity index (χ1) is 17.3. The standard InChI is InChI=1S/C31H38O5/c1-5-29(32)36-19-7-6-18-35-27-16-14-24(15-17-27)30(33)23-10-12-25(13-11-23)31(34)28-20-26(21(2)3)9-8-22(28)4/h5,10-17,21-22,26,28H,1,6-9,18-20H2,2-4H3. The molecule has 0 aliphatic heterocycles. The highest BCUT2D eigenvalue weighted by atomic mass is 16.5. The van der Waals surface area contributed by atoms with Crippen LogP contribution in [0.5, 0.6) is 5.75 Å². The molecule has 1 aliphatic rings. The Kier molecular flexibility index (Phi) is 10.0. The quantitative estimate of drug-likeness (QED) is 0.143. The zero-order chi connectivity index (χ0) is 26.1. The number of ether oxygens (including phenoxy) is 2. The summed E-state index contributed by atoms with van der Waals surface area (Å²) in [5.74, 6) is 2.02. The number of Topliss-reactive ketones (excluding diaryl/α,β-unsaturated/α-hetero) is 1. The van der Waals surface area contributed by atoms with Crippen molar-refractivity contribution in [2.24, 2.45) is 23.7 Å². The number of hydrogen-bond acceptors (Lipinski definition) is 5. The van der Waals surface area contributed by atoms with Gasteiger partial charge >= 0.3 is 5.97 Å². The second-order valence-corrected chi connectivity index (χ2v) is 10.1. The van der Waals surface area contributed by atoms with E-state index in [9.17, 15) is 14.4 Å². The Morgan fingerprint density at radius 1 is 0.917 bits per heavy atom. The maximum absolute atomic E-state index is 13.2. The van der Waals surface area contributed by atoms with E-state index in [1.165, 1.54) is 6.42 Å². The Labute approximate surface area is 214 Å². The molecular formula is C31H38O5. The van der Waals surface area contributed by atoms with Crippen LogP contribution in [-0.4, -0.2) is 30.7 Å². The topological polar surface area (TPSA) is 69.7 Å². The molecule has 0 N–H and O–H groups in total. The molecular weight excluding hydrogens is 452 g/mol. The maximum atomic E-state index is 13.2. The normalized spacial score (nSPS) is 19.5. The fourth-order valence-electron chi connectivity index (χ4n) is 4.82. The summed E-state index contributed by atoms with van der Waals surface area (Å²) in [6.07, 6.45) is 5.84. The molecule has 2 aromatic carbocycles. The second-order valence-electron chi connectivity index (χ2n) is 10.1. The summed E-state index contributed by atoms with van der Waals surface area (Å²) in [6.45, 7) is 10.9. The first-order valence-corrected chi connectivity index (χ1v) is 13.0. The third kappa shape index (κ3) is 7.39. The van der Waals surface area contributed by atoms with Gasteiger partial charge in [-0.2, -0.15) is 0 Å². The number of esters is 1. The average Bonchev–Trinajstić information content (AvgIpc) is 2.90. The smallest absolute Gasteiger partial charge is 0.330 e. The van der Waals surface area contributed by atoms with Crippen LogP contribution in [0.4, 0.5) is 0 Å². The van der Waals surface area contributed by atoms with Gasteiger partial charge in [-0.15, -0.1) is 0 Å². The van der Waals surface area contributed by atoms with Crippen LogP contribution < -0.4 is 4.74 Å². The van der Waals surface area contributed by atoms with Gasteiger partial charge in [-0.3, -0.25) is 9.59 Å². The molecule has 2 aromatic rings. The van der Waals surface area contributed by atoms with Gasteiger partial charge in [0.25, 0.3) is 0 Å². The molecule has 0 aromatic heterocycles. The van der Waals surface area contributed by atoms with Crippen molar-refractivity contribution in [1.82, 2.24) is 0 Å². The Balaban J connectivity index is 1.52. The van der Waals surface area contributed by atoms with Gasteiger partial charge in [0.1, 0.15) is 5.75 Å². The van der Waals surface area contributed by atoms with E-state index in [-0.39, 0.29) is 17.5 Å². The van der Waals surface area contributed by atoms with Crippen LogP contribution in [0.15, 0.2) is 61.2 Å². The van der Waals surface area contributed by atoms with Crippen LogP contribution in [0.3, 0.4) is 0 Å². The Hall–Kier alpha value is -3.21. The first-order valence-electron chi connectivity index (χ1n) is 13.0. The minimum absolute atomic E-state index is 0.0578. The molecule has 5 heteroatoms. The number of ketones is 2. The number of unbranched alkanes of at least 4 members (excludes halogenated alkanes) is 1. The van der Waals surface area contributed by atoms with Crippen molar-refractivity contribution in [2.45, 2.75) is 52.9 Å². The molecule has 36 heavy (non-hydrogen) atoms. The molecule has 1 saturated carbocycles. The molecule has 0 heterocycles. The Morgan fingerprint density at radius 2 is 1.50 bits per heavy atom. The number of rotatable bonds is 12. The molecule has 0 spiro atoms. The van der Waals surface area contributed by atoms with Gasteiger partial charge in [0.2, 0.25) is 0 Å². The number of benzene rings is 2. The summed E-state index contributed by atoms with van der Waals surface area (Å²) in [6, 6.07) is 14.2. The maximum Gasteiger partial charge on any atom is 0.330 e. The lowest BCUT2D eigenvalue weighted by Crippen LogP contribution is -2.31. The SMILES string of the molecule is C=CC(=O)OCCCCOc1ccc(C(=O)c2ccc(C(=O)C3CC(C(C)C)CCC3C)cc2)cc1. The van der Waals surface area contributed by atoms with E-state index in [0.29, 0.717) is 59.8 Å². The van der Waals surface area contributed by atoms with Gasteiger partial charge < -0.3 is 9.47 Å². The zero-order valence-corrected chi connectivity index (χ0v) is 21.7. The van der Waals surface area contributed by atoms with Gasteiger partial charge in [-0.25, -0.2) is 4.79 Å². The highest BCUT2D eigenvalue weighted by Crippen LogP contribution is 2.39. The lowest BCUT2D eigenvalue weighted by Gasteiger charge is -2.35. The fourth-order valence-corrected chi connectivity index (χ4v) is 4.82. The first kappa shape index (κ1) is 27.4. The van der Waals surface area contributed by atoms with Crippen molar-refractivity contribution in [3.63, 3.8) is 0 Å². The van der Waals surface area contributed by atoms with E-state index < -0.39 is 5.97 Å². The van der Waals surface area contributed by atoms with Crippen molar-refractivity contribution in [3.8, 4) is 5.75 Å². The lowest BCUT2D eigenvalue weighted by atomic mass is 9.69. The molecule has 0 amide bonds.